The van der Waals surface area contributed by atoms with E-state index in [-0.39, 0.29) is 10.9 Å². The molecule has 0 bridgehead atoms. The van der Waals surface area contributed by atoms with E-state index in [0.717, 1.165) is 35.6 Å². The highest BCUT2D eigenvalue weighted by Gasteiger charge is 2.31. The maximum absolute atomic E-state index is 13.4. The molecule has 0 fully saturated rings. The standard InChI is InChI=1S/C32H14F6O2S/c33-31(34,35)19-7-1-15(2-8-19)17-5-11-21-23(13-17)27(39)29-25(21)26-22-12-6-18(14-24(22)28(40)30(26)41-29)16-3-9-20(10-4-16)32(36,37)38/h1-14H. The van der Waals surface area contributed by atoms with Gasteiger partial charge in [-0.3, -0.25) is 9.59 Å². The molecule has 202 valence electrons. The summed E-state index contributed by atoms with van der Waals surface area (Å²) < 4.78 is 78.7. The topological polar surface area (TPSA) is 34.1 Å². The van der Waals surface area contributed by atoms with Crippen molar-refractivity contribution in [2.24, 2.45) is 0 Å². The molecule has 1 heterocycles. The van der Waals surface area contributed by atoms with E-state index in [9.17, 15) is 35.9 Å². The fourth-order valence-corrected chi connectivity index (χ4v) is 6.71. The van der Waals surface area contributed by atoms with Crippen molar-refractivity contribution in [2.75, 3.05) is 0 Å². The van der Waals surface area contributed by atoms with Gasteiger partial charge in [0.15, 0.2) is 0 Å². The first-order chi connectivity index (χ1) is 19.4. The summed E-state index contributed by atoms with van der Waals surface area (Å²) >= 11 is 1.10. The summed E-state index contributed by atoms with van der Waals surface area (Å²) in [5.74, 6) is 0. The van der Waals surface area contributed by atoms with Crippen LogP contribution in [0.15, 0.2) is 94.5 Å². The Balaban J connectivity index is 1.37. The van der Waals surface area contributed by atoms with E-state index >= 15 is 0 Å². The molecule has 0 aliphatic rings. The largest absolute Gasteiger partial charge is 0.416 e. The van der Waals surface area contributed by atoms with E-state index in [2.05, 4.69) is 0 Å². The van der Waals surface area contributed by atoms with Gasteiger partial charge in [0.25, 0.3) is 0 Å². The summed E-state index contributed by atoms with van der Waals surface area (Å²) in [4.78, 5) is 26.8. The Labute approximate surface area is 230 Å². The maximum atomic E-state index is 13.4. The summed E-state index contributed by atoms with van der Waals surface area (Å²) in [5, 5.41) is 3.41. The number of fused-ring (bicyclic) bond motifs is 7. The molecule has 41 heavy (non-hydrogen) atoms. The highest BCUT2D eigenvalue weighted by molar-refractivity contribution is 7.26. The molecule has 0 N–H and O–H groups in total. The van der Waals surface area contributed by atoms with Crippen molar-refractivity contribution in [2.45, 2.75) is 12.4 Å². The van der Waals surface area contributed by atoms with Crippen LogP contribution in [0, 0.1) is 0 Å². The van der Waals surface area contributed by atoms with Crippen LogP contribution in [-0.4, -0.2) is 0 Å². The number of hydrogen-bond donors (Lipinski definition) is 0. The summed E-state index contributed by atoms with van der Waals surface area (Å²) in [6.45, 7) is 0. The molecule has 0 spiro atoms. The average molecular weight is 577 g/mol. The van der Waals surface area contributed by atoms with Crippen LogP contribution in [-0.2, 0) is 12.4 Å². The molecule has 2 nitrogen and oxygen atoms in total. The van der Waals surface area contributed by atoms with Crippen LogP contribution in [0.3, 0.4) is 0 Å². The van der Waals surface area contributed by atoms with Crippen molar-refractivity contribution in [1.82, 2.24) is 0 Å². The normalized spacial score (nSPS) is 12.8. The fraction of sp³-hybridized carbons (Fsp3) is 0.0625. The smallest absolute Gasteiger partial charge is 0.288 e. The van der Waals surface area contributed by atoms with Gasteiger partial charge in [0.2, 0.25) is 10.9 Å². The van der Waals surface area contributed by atoms with E-state index in [1.165, 1.54) is 24.3 Å². The molecular formula is C32H14F6O2S. The number of rotatable bonds is 2. The van der Waals surface area contributed by atoms with Crippen molar-refractivity contribution in [1.29, 1.82) is 0 Å². The van der Waals surface area contributed by atoms with Gasteiger partial charge < -0.3 is 0 Å². The van der Waals surface area contributed by atoms with Gasteiger partial charge in [0.1, 0.15) is 0 Å². The average Bonchev–Trinajstić information content (AvgIpc) is 3.55. The summed E-state index contributed by atoms with van der Waals surface area (Å²) in [7, 11) is 0. The highest BCUT2D eigenvalue weighted by atomic mass is 32.1. The molecule has 9 heteroatoms. The van der Waals surface area contributed by atoms with Gasteiger partial charge in [0.05, 0.1) is 20.5 Å². The zero-order chi connectivity index (χ0) is 28.8. The minimum absolute atomic E-state index is 0.251. The van der Waals surface area contributed by atoms with E-state index in [4.69, 9.17) is 0 Å². The lowest BCUT2D eigenvalue weighted by Gasteiger charge is -2.08. The van der Waals surface area contributed by atoms with Crippen LogP contribution >= 0.6 is 11.3 Å². The minimum Gasteiger partial charge on any atom is -0.288 e. The zero-order valence-electron chi connectivity index (χ0n) is 20.6. The predicted molar refractivity (Wildman–Crippen MR) is 150 cm³/mol. The molecule has 6 aromatic carbocycles. The highest BCUT2D eigenvalue weighted by Crippen LogP contribution is 2.42. The Morgan fingerprint density at radius 3 is 1.12 bits per heavy atom. The second kappa shape index (κ2) is 8.50. The third-order valence-electron chi connectivity index (χ3n) is 7.48. The zero-order valence-corrected chi connectivity index (χ0v) is 21.4. The number of benzene rings is 4. The fourth-order valence-electron chi connectivity index (χ4n) is 5.47. The lowest BCUT2D eigenvalue weighted by atomic mass is 10.00. The second-order valence-corrected chi connectivity index (χ2v) is 10.9. The Morgan fingerprint density at radius 1 is 0.439 bits per heavy atom. The predicted octanol–water partition coefficient (Wildman–Crippen LogP) is 9.33. The first-order valence-corrected chi connectivity index (χ1v) is 13.1. The third-order valence-corrected chi connectivity index (χ3v) is 8.67. The SMILES string of the molecule is O=c1c2cc(-c3ccc(C(F)(F)F)cc3)ccc2c2c1sc1c(=O)c3cc(-c4ccc(C(F)(F)F)cc4)ccc3c12. The van der Waals surface area contributed by atoms with Crippen molar-refractivity contribution in [3.8, 4) is 22.3 Å². The van der Waals surface area contributed by atoms with Crippen LogP contribution in [0.25, 0.3) is 64.0 Å². The molecule has 1 aromatic heterocycles. The van der Waals surface area contributed by atoms with Crippen LogP contribution in [0.5, 0.6) is 0 Å². The number of alkyl halides is 6. The molecular weight excluding hydrogens is 562 g/mol. The molecule has 0 aliphatic carbocycles. The van der Waals surface area contributed by atoms with Crippen LogP contribution in [0.4, 0.5) is 26.3 Å². The van der Waals surface area contributed by atoms with E-state index in [0.29, 0.717) is 64.0 Å². The Bertz CT molecular complexity index is 2090. The van der Waals surface area contributed by atoms with Crippen LogP contribution in [0.1, 0.15) is 11.1 Å². The summed E-state index contributed by atoms with van der Waals surface area (Å²) in [6, 6.07) is 19.7. The molecule has 7 aromatic rings. The van der Waals surface area contributed by atoms with Gasteiger partial charge in [0, 0.05) is 21.5 Å². The molecule has 0 radical (unpaired) electrons. The van der Waals surface area contributed by atoms with Crippen molar-refractivity contribution < 1.29 is 26.3 Å². The summed E-state index contributed by atoms with van der Waals surface area (Å²) in [5.41, 5.74) is 0.223. The minimum atomic E-state index is -4.45. The summed E-state index contributed by atoms with van der Waals surface area (Å²) in [6.07, 6.45) is -8.90. The van der Waals surface area contributed by atoms with Crippen molar-refractivity contribution >= 4 is 53.1 Å². The van der Waals surface area contributed by atoms with Gasteiger partial charge in [-0.1, -0.05) is 48.5 Å². The van der Waals surface area contributed by atoms with Gasteiger partial charge >= 0.3 is 12.4 Å². The number of halogens is 6. The lowest BCUT2D eigenvalue weighted by Crippen LogP contribution is -2.04. The van der Waals surface area contributed by atoms with E-state index < -0.39 is 23.5 Å². The third kappa shape index (κ3) is 3.87. The number of hydrogen-bond acceptors (Lipinski definition) is 3. The molecule has 0 unspecified atom stereocenters. The van der Waals surface area contributed by atoms with Gasteiger partial charge in [-0.05, 0) is 69.4 Å². The molecule has 0 saturated carbocycles. The van der Waals surface area contributed by atoms with E-state index in [1.54, 1.807) is 36.4 Å². The van der Waals surface area contributed by atoms with Gasteiger partial charge in [-0.25, -0.2) is 0 Å². The molecule has 0 saturated heterocycles. The number of thiophene rings is 1. The molecule has 0 amide bonds. The van der Waals surface area contributed by atoms with Crippen molar-refractivity contribution in [3.63, 3.8) is 0 Å². The van der Waals surface area contributed by atoms with Crippen molar-refractivity contribution in [3.05, 3.63) is 117 Å². The quantitative estimate of drug-likeness (QED) is 0.192. The Hall–Kier alpha value is -4.50. The van der Waals surface area contributed by atoms with Crippen LogP contribution in [0.2, 0.25) is 0 Å². The lowest BCUT2D eigenvalue weighted by molar-refractivity contribution is -0.138. The Morgan fingerprint density at radius 2 is 0.780 bits per heavy atom. The van der Waals surface area contributed by atoms with E-state index in [1.807, 2.05) is 0 Å². The Kier molecular flexibility index (Phi) is 5.28. The first-order valence-electron chi connectivity index (χ1n) is 12.3. The molecule has 0 atom stereocenters. The molecule has 7 rings (SSSR count). The second-order valence-electron chi connectivity index (χ2n) is 9.84. The first kappa shape index (κ1) is 25.5. The molecule has 0 aliphatic heterocycles. The van der Waals surface area contributed by atoms with Gasteiger partial charge in [-0.2, -0.15) is 26.3 Å². The van der Waals surface area contributed by atoms with Crippen LogP contribution < -0.4 is 10.9 Å². The monoisotopic (exact) mass is 576 g/mol. The van der Waals surface area contributed by atoms with Gasteiger partial charge in [-0.15, -0.1) is 11.3 Å². The maximum Gasteiger partial charge on any atom is 0.416 e.